The van der Waals surface area contributed by atoms with Crippen molar-refractivity contribution < 1.29 is 14.4 Å². The number of piperidine rings is 1. The Bertz CT molecular complexity index is 987. The average molecular weight is 441 g/mol. The molecule has 2 saturated heterocycles. The van der Waals surface area contributed by atoms with Crippen molar-refractivity contribution in [1.29, 1.82) is 0 Å². The number of hydrogen-bond donors (Lipinski definition) is 2. The molecule has 1 atom stereocenters. The number of carbonyl (C=O) groups is 3. The van der Waals surface area contributed by atoms with Gasteiger partial charge in [-0.05, 0) is 68.1 Å². The first-order chi connectivity index (χ1) is 14.9. The van der Waals surface area contributed by atoms with Crippen molar-refractivity contribution in [3.05, 3.63) is 59.1 Å². The second-order valence-corrected chi connectivity index (χ2v) is 8.53. The van der Waals surface area contributed by atoms with E-state index in [0.717, 1.165) is 23.7 Å². The van der Waals surface area contributed by atoms with E-state index in [1.165, 1.54) is 19.3 Å². The largest absolute Gasteiger partial charge is 0.372 e. The first-order valence-corrected chi connectivity index (χ1v) is 10.8. The summed E-state index contributed by atoms with van der Waals surface area (Å²) in [5.41, 5.74) is 1.12. The Kier molecular flexibility index (Phi) is 5.87. The lowest BCUT2D eigenvalue weighted by molar-refractivity contribution is -0.133. The highest BCUT2D eigenvalue weighted by Gasteiger charge is 2.49. The molecule has 31 heavy (non-hydrogen) atoms. The van der Waals surface area contributed by atoms with E-state index in [4.69, 9.17) is 11.6 Å². The number of anilines is 2. The van der Waals surface area contributed by atoms with Crippen LogP contribution in [0.2, 0.25) is 5.02 Å². The molecule has 0 unspecified atom stereocenters. The van der Waals surface area contributed by atoms with E-state index in [1.54, 1.807) is 31.2 Å². The van der Waals surface area contributed by atoms with Crippen LogP contribution in [0.25, 0.3) is 0 Å². The minimum Gasteiger partial charge on any atom is -0.372 e. The van der Waals surface area contributed by atoms with Crippen molar-refractivity contribution >= 4 is 40.8 Å². The molecule has 2 aliphatic heterocycles. The zero-order valence-electron chi connectivity index (χ0n) is 17.4. The van der Waals surface area contributed by atoms with Gasteiger partial charge in [-0.2, -0.15) is 0 Å². The molecule has 2 N–H and O–H groups in total. The molecule has 162 valence electrons. The van der Waals surface area contributed by atoms with Crippen LogP contribution >= 0.6 is 11.6 Å². The second-order valence-electron chi connectivity index (χ2n) is 8.10. The number of amides is 4. The maximum absolute atomic E-state index is 13.0. The van der Waals surface area contributed by atoms with Crippen LogP contribution in [-0.2, 0) is 15.1 Å². The Balaban J connectivity index is 1.39. The lowest BCUT2D eigenvalue weighted by Crippen LogP contribution is -2.42. The summed E-state index contributed by atoms with van der Waals surface area (Å²) in [7, 11) is 0. The Morgan fingerprint density at radius 1 is 1.03 bits per heavy atom. The highest BCUT2D eigenvalue weighted by atomic mass is 35.5. The van der Waals surface area contributed by atoms with Crippen LogP contribution in [0, 0.1) is 0 Å². The normalized spacial score (nSPS) is 21.2. The zero-order valence-corrected chi connectivity index (χ0v) is 18.1. The Hall–Kier alpha value is -3.06. The minimum atomic E-state index is -1.24. The second kappa shape index (κ2) is 8.59. The van der Waals surface area contributed by atoms with E-state index in [2.05, 4.69) is 15.5 Å². The summed E-state index contributed by atoms with van der Waals surface area (Å²) in [4.78, 5) is 41.2. The van der Waals surface area contributed by atoms with Gasteiger partial charge in [-0.25, -0.2) is 4.79 Å². The van der Waals surface area contributed by atoms with Gasteiger partial charge in [0.15, 0.2) is 0 Å². The van der Waals surface area contributed by atoms with Gasteiger partial charge in [-0.1, -0.05) is 23.7 Å². The zero-order chi connectivity index (χ0) is 22.0. The number of imide groups is 1. The van der Waals surface area contributed by atoms with Crippen molar-refractivity contribution in [3.8, 4) is 0 Å². The van der Waals surface area contributed by atoms with Crippen molar-refractivity contribution in [2.45, 2.75) is 31.7 Å². The highest BCUT2D eigenvalue weighted by molar-refractivity contribution is 6.30. The van der Waals surface area contributed by atoms with Crippen molar-refractivity contribution in [2.75, 3.05) is 29.9 Å². The lowest BCUT2D eigenvalue weighted by Gasteiger charge is -2.28. The molecule has 2 fully saturated rings. The monoisotopic (exact) mass is 440 g/mol. The van der Waals surface area contributed by atoms with Gasteiger partial charge in [0.25, 0.3) is 5.91 Å². The molecule has 7 nitrogen and oxygen atoms in total. The number of nitrogens with one attached hydrogen (secondary N) is 2. The first-order valence-electron chi connectivity index (χ1n) is 10.4. The van der Waals surface area contributed by atoms with Gasteiger partial charge >= 0.3 is 6.03 Å². The van der Waals surface area contributed by atoms with E-state index in [1.807, 2.05) is 24.3 Å². The molecule has 0 spiro atoms. The molecule has 8 heteroatoms. The molecule has 0 aromatic heterocycles. The van der Waals surface area contributed by atoms with E-state index in [-0.39, 0.29) is 6.54 Å². The van der Waals surface area contributed by atoms with Gasteiger partial charge in [0.05, 0.1) is 0 Å². The van der Waals surface area contributed by atoms with Crippen LogP contribution in [0.5, 0.6) is 0 Å². The third kappa shape index (κ3) is 4.37. The van der Waals surface area contributed by atoms with Gasteiger partial charge in [0.2, 0.25) is 5.91 Å². The lowest BCUT2D eigenvalue weighted by atomic mass is 9.92. The number of carbonyl (C=O) groups excluding carboxylic acids is 3. The third-order valence-corrected chi connectivity index (χ3v) is 6.12. The number of urea groups is 1. The molecule has 4 rings (SSSR count). The topological polar surface area (TPSA) is 81.8 Å². The third-order valence-electron chi connectivity index (χ3n) is 5.87. The van der Waals surface area contributed by atoms with Crippen molar-refractivity contribution in [1.82, 2.24) is 10.2 Å². The number of benzene rings is 2. The molecule has 0 bridgehead atoms. The fourth-order valence-corrected chi connectivity index (χ4v) is 4.20. The fourth-order valence-electron chi connectivity index (χ4n) is 4.07. The van der Waals surface area contributed by atoms with Crippen molar-refractivity contribution in [2.24, 2.45) is 0 Å². The summed E-state index contributed by atoms with van der Waals surface area (Å²) in [6, 6.07) is 13.7. The minimum absolute atomic E-state index is 0.359. The van der Waals surface area contributed by atoms with E-state index in [9.17, 15) is 14.4 Å². The highest BCUT2D eigenvalue weighted by Crippen LogP contribution is 2.29. The molecule has 2 heterocycles. The van der Waals surface area contributed by atoms with Crippen LogP contribution in [0.1, 0.15) is 31.7 Å². The van der Waals surface area contributed by atoms with E-state index < -0.39 is 23.4 Å². The standard InChI is InChI=1S/C23H25ClN4O3/c1-23(16-5-7-17(24)8-6-16)21(30)28(22(31)26-23)15-20(29)25-18-9-11-19(12-10-18)27-13-3-2-4-14-27/h5-12H,2-4,13-15H2,1H3,(H,25,29)(H,26,31)/t23-/m0/s1. The van der Waals surface area contributed by atoms with Gasteiger partial charge in [0, 0.05) is 29.5 Å². The number of rotatable bonds is 5. The first kappa shape index (κ1) is 21.2. The Labute approximate surface area is 186 Å². The summed E-state index contributed by atoms with van der Waals surface area (Å²) in [5, 5.41) is 5.99. The predicted octanol–water partition coefficient (Wildman–Crippen LogP) is 3.74. The molecule has 2 aromatic rings. The summed E-state index contributed by atoms with van der Waals surface area (Å²) in [6.07, 6.45) is 3.66. The van der Waals surface area contributed by atoms with Crippen LogP contribution in [0.4, 0.5) is 16.2 Å². The fraction of sp³-hybridized carbons (Fsp3) is 0.348. The van der Waals surface area contributed by atoms with Gasteiger partial charge in [-0.3, -0.25) is 14.5 Å². The van der Waals surface area contributed by atoms with Crippen LogP contribution in [-0.4, -0.2) is 42.4 Å². The van der Waals surface area contributed by atoms with Crippen LogP contribution in [0.3, 0.4) is 0 Å². The summed E-state index contributed by atoms with van der Waals surface area (Å²) in [6.45, 7) is 3.35. The maximum atomic E-state index is 13.0. The number of nitrogens with zero attached hydrogens (tertiary/aromatic N) is 2. The van der Waals surface area contributed by atoms with E-state index >= 15 is 0 Å². The smallest absolute Gasteiger partial charge is 0.325 e. The maximum Gasteiger partial charge on any atom is 0.325 e. The summed E-state index contributed by atoms with van der Waals surface area (Å²) in [5.74, 6) is -0.912. The molecule has 0 aliphatic carbocycles. The predicted molar refractivity (Wildman–Crippen MR) is 120 cm³/mol. The quantitative estimate of drug-likeness (QED) is 0.694. The molecule has 0 radical (unpaired) electrons. The summed E-state index contributed by atoms with van der Waals surface area (Å²) >= 11 is 5.92. The SMILES string of the molecule is C[C@@]1(c2ccc(Cl)cc2)NC(=O)N(CC(=O)Nc2ccc(N3CCCCC3)cc2)C1=O. The van der Waals surface area contributed by atoms with Gasteiger partial charge in [-0.15, -0.1) is 0 Å². The molecule has 4 amide bonds. The average Bonchev–Trinajstić information content (AvgIpc) is 2.99. The van der Waals surface area contributed by atoms with Gasteiger partial charge in [0.1, 0.15) is 12.1 Å². The molecule has 0 saturated carbocycles. The number of halogens is 1. The Morgan fingerprint density at radius 3 is 2.32 bits per heavy atom. The Morgan fingerprint density at radius 2 is 1.68 bits per heavy atom. The molecule has 2 aliphatic rings. The van der Waals surface area contributed by atoms with E-state index in [0.29, 0.717) is 16.3 Å². The number of hydrogen-bond acceptors (Lipinski definition) is 4. The van der Waals surface area contributed by atoms with Crippen LogP contribution in [0.15, 0.2) is 48.5 Å². The summed E-state index contributed by atoms with van der Waals surface area (Å²) < 4.78 is 0. The molecular formula is C23H25ClN4O3. The van der Waals surface area contributed by atoms with Crippen molar-refractivity contribution in [3.63, 3.8) is 0 Å². The van der Waals surface area contributed by atoms with Crippen LogP contribution < -0.4 is 15.5 Å². The molecule has 2 aromatic carbocycles. The molecular weight excluding hydrogens is 416 g/mol. The van der Waals surface area contributed by atoms with Gasteiger partial charge < -0.3 is 15.5 Å².